The molecule has 2 N–H and O–H groups in total. The molecule has 100 valence electrons. The van der Waals surface area contributed by atoms with E-state index in [9.17, 15) is 9.90 Å². The Morgan fingerprint density at radius 1 is 1.63 bits per heavy atom. The van der Waals surface area contributed by atoms with Crippen molar-refractivity contribution in [2.45, 2.75) is 12.5 Å². The smallest absolute Gasteiger partial charge is 0.238 e. The topological polar surface area (TPSA) is 76.4 Å². The van der Waals surface area contributed by atoms with Crippen LogP contribution in [0.4, 0.5) is 5.69 Å². The van der Waals surface area contributed by atoms with Gasteiger partial charge in [0.05, 0.1) is 22.7 Å². The van der Waals surface area contributed by atoms with E-state index >= 15 is 0 Å². The molecule has 5 nitrogen and oxygen atoms in total. The summed E-state index contributed by atoms with van der Waals surface area (Å²) >= 11 is 5.88. The van der Waals surface area contributed by atoms with Crippen molar-refractivity contribution in [2.75, 3.05) is 25.0 Å². The predicted molar refractivity (Wildman–Crippen MR) is 71.9 cm³/mol. The van der Waals surface area contributed by atoms with E-state index in [1.807, 2.05) is 11.0 Å². The number of aliphatic hydroxyl groups is 1. The summed E-state index contributed by atoms with van der Waals surface area (Å²) < 4.78 is 0. The number of halogens is 1. The highest BCUT2D eigenvalue weighted by atomic mass is 35.5. The number of anilines is 1. The molecule has 0 unspecified atom stereocenters. The fraction of sp³-hybridized carbons (Fsp3) is 0.385. The summed E-state index contributed by atoms with van der Waals surface area (Å²) in [6, 6.07) is 6.70. The largest absolute Gasteiger partial charge is 0.388 e. The second-order valence-electron chi connectivity index (χ2n) is 5.00. The first-order chi connectivity index (χ1) is 8.89. The first kappa shape index (κ1) is 13.8. The summed E-state index contributed by atoms with van der Waals surface area (Å²) in [6.45, 7) is 2.96. The molecule has 1 fully saturated rings. The van der Waals surface area contributed by atoms with Crippen LogP contribution in [0, 0.1) is 11.3 Å². The Labute approximate surface area is 116 Å². The van der Waals surface area contributed by atoms with Gasteiger partial charge < -0.3 is 10.4 Å². The Hall–Kier alpha value is -1.61. The minimum atomic E-state index is -0.683. The molecule has 0 aromatic heterocycles. The van der Waals surface area contributed by atoms with Gasteiger partial charge in [-0.2, -0.15) is 5.26 Å². The zero-order valence-electron chi connectivity index (χ0n) is 10.5. The van der Waals surface area contributed by atoms with Gasteiger partial charge in [-0.15, -0.1) is 0 Å². The summed E-state index contributed by atoms with van der Waals surface area (Å²) in [5, 5.41) is 21.3. The van der Waals surface area contributed by atoms with Crippen LogP contribution in [0.25, 0.3) is 0 Å². The first-order valence-electron chi connectivity index (χ1n) is 5.84. The van der Waals surface area contributed by atoms with E-state index in [0.717, 1.165) is 0 Å². The second kappa shape index (κ2) is 5.17. The minimum Gasteiger partial charge on any atom is -0.388 e. The molecule has 19 heavy (non-hydrogen) atoms. The average Bonchev–Trinajstić information content (AvgIpc) is 2.26. The number of carbonyl (C=O) groups is 1. The Kier molecular flexibility index (Phi) is 3.76. The highest BCUT2D eigenvalue weighted by Crippen LogP contribution is 2.21. The molecule has 1 heterocycles. The van der Waals surface area contributed by atoms with Crippen LogP contribution in [-0.2, 0) is 4.79 Å². The summed E-state index contributed by atoms with van der Waals surface area (Å²) in [5.74, 6) is -0.170. The SMILES string of the molecule is CC1(O)CN(CC(=O)Nc2ccc(C#N)c(Cl)c2)C1. The molecule has 1 amide bonds. The van der Waals surface area contributed by atoms with Crippen molar-refractivity contribution >= 4 is 23.2 Å². The number of likely N-dealkylation sites (tertiary alicyclic amines) is 1. The van der Waals surface area contributed by atoms with E-state index in [1.54, 1.807) is 25.1 Å². The number of β-amino-alcohol motifs (C(OH)–C–C–N with tert-alkyl or cyclic N) is 1. The van der Waals surface area contributed by atoms with Gasteiger partial charge in [0.25, 0.3) is 0 Å². The molecular formula is C13H14ClN3O2. The van der Waals surface area contributed by atoms with Crippen LogP contribution in [0.15, 0.2) is 18.2 Å². The average molecular weight is 280 g/mol. The van der Waals surface area contributed by atoms with Crippen molar-refractivity contribution in [3.8, 4) is 6.07 Å². The zero-order valence-corrected chi connectivity index (χ0v) is 11.2. The number of benzene rings is 1. The second-order valence-corrected chi connectivity index (χ2v) is 5.40. The molecule has 2 rings (SSSR count). The lowest BCUT2D eigenvalue weighted by atomic mass is 9.97. The lowest BCUT2D eigenvalue weighted by Crippen LogP contribution is -2.61. The fourth-order valence-electron chi connectivity index (χ4n) is 2.12. The fourth-order valence-corrected chi connectivity index (χ4v) is 2.34. The van der Waals surface area contributed by atoms with Crippen molar-refractivity contribution < 1.29 is 9.90 Å². The van der Waals surface area contributed by atoms with Gasteiger partial charge in [0.2, 0.25) is 5.91 Å². The zero-order chi connectivity index (χ0) is 14.0. The van der Waals surface area contributed by atoms with Crippen LogP contribution in [0.5, 0.6) is 0 Å². The van der Waals surface area contributed by atoms with Crippen LogP contribution < -0.4 is 5.32 Å². The van der Waals surface area contributed by atoms with Gasteiger partial charge in [-0.1, -0.05) is 11.6 Å². The molecule has 1 aromatic carbocycles. The number of amides is 1. The standard InChI is InChI=1S/C13H14ClN3O2/c1-13(19)7-17(8-13)6-12(18)16-10-3-2-9(5-15)11(14)4-10/h2-4,19H,6-8H2,1H3,(H,16,18). The van der Waals surface area contributed by atoms with Gasteiger partial charge >= 0.3 is 0 Å². The maximum absolute atomic E-state index is 11.7. The van der Waals surface area contributed by atoms with E-state index in [0.29, 0.717) is 29.4 Å². The minimum absolute atomic E-state index is 0.170. The van der Waals surface area contributed by atoms with Gasteiger partial charge in [-0.25, -0.2) is 0 Å². The molecule has 0 atom stereocenters. The number of nitrogens with one attached hydrogen (secondary N) is 1. The predicted octanol–water partition coefficient (Wildman–Crippen LogP) is 1.22. The van der Waals surface area contributed by atoms with E-state index in [2.05, 4.69) is 5.32 Å². The first-order valence-corrected chi connectivity index (χ1v) is 6.22. The van der Waals surface area contributed by atoms with E-state index < -0.39 is 5.60 Å². The molecule has 0 bridgehead atoms. The van der Waals surface area contributed by atoms with Crippen molar-refractivity contribution in [3.05, 3.63) is 28.8 Å². The number of hydrogen-bond donors (Lipinski definition) is 2. The lowest BCUT2D eigenvalue weighted by Gasteiger charge is -2.43. The number of nitrogens with zero attached hydrogens (tertiary/aromatic N) is 2. The van der Waals surface area contributed by atoms with Gasteiger partial charge in [-0.05, 0) is 25.1 Å². The third-order valence-electron chi connectivity index (χ3n) is 2.87. The maximum atomic E-state index is 11.7. The van der Waals surface area contributed by atoms with Crippen molar-refractivity contribution in [2.24, 2.45) is 0 Å². The van der Waals surface area contributed by atoms with Crippen LogP contribution in [0.3, 0.4) is 0 Å². The molecule has 0 aliphatic carbocycles. The Bertz CT molecular complexity index is 543. The number of carbonyl (C=O) groups excluding carboxylic acids is 1. The highest BCUT2D eigenvalue weighted by molar-refractivity contribution is 6.32. The van der Waals surface area contributed by atoms with Crippen LogP contribution in [0.2, 0.25) is 5.02 Å². The van der Waals surface area contributed by atoms with Gasteiger partial charge in [0.1, 0.15) is 6.07 Å². The normalized spacial score (nSPS) is 17.4. The molecule has 1 aliphatic heterocycles. The molecule has 1 aliphatic rings. The molecule has 0 radical (unpaired) electrons. The van der Waals surface area contributed by atoms with Gasteiger partial charge in [0.15, 0.2) is 0 Å². The molecule has 1 aromatic rings. The number of hydrogen-bond acceptors (Lipinski definition) is 4. The highest BCUT2D eigenvalue weighted by Gasteiger charge is 2.37. The molecular weight excluding hydrogens is 266 g/mol. The van der Waals surface area contributed by atoms with E-state index in [1.165, 1.54) is 0 Å². The van der Waals surface area contributed by atoms with Crippen molar-refractivity contribution in [1.29, 1.82) is 5.26 Å². The van der Waals surface area contributed by atoms with Crippen molar-refractivity contribution in [3.63, 3.8) is 0 Å². The Balaban J connectivity index is 1.89. The molecule has 0 spiro atoms. The third-order valence-corrected chi connectivity index (χ3v) is 3.18. The van der Waals surface area contributed by atoms with Gasteiger partial charge in [-0.3, -0.25) is 9.69 Å². The van der Waals surface area contributed by atoms with Crippen LogP contribution in [0.1, 0.15) is 12.5 Å². The summed E-state index contributed by atoms with van der Waals surface area (Å²) in [4.78, 5) is 13.6. The maximum Gasteiger partial charge on any atom is 0.238 e. The van der Waals surface area contributed by atoms with Crippen LogP contribution in [-0.4, -0.2) is 41.1 Å². The van der Waals surface area contributed by atoms with Gasteiger partial charge in [0, 0.05) is 18.8 Å². The van der Waals surface area contributed by atoms with E-state index in [4.69, 9.17) is 16.9 Å². The number of nitriles is 1. The molecule has 6 heteroatoms. The van der Waals surface area contributed by atoms with E-state index in [-0.39, 0.29) is 12.5 Å². The Morgan fingerprint density at radius 3 is 2.84 bits per heavy atom. The quantitative estimate of drug-likeness (QED) is 0.872. The third kappa shape index (κ3) is 3.44. The summed E-state index contributed by atoms with van der Waals surface area (Å²) in [6.07, 6.45) is 0. The number of rotatable bonds is 3. The van der Waals surface area contributed by atoms with Crippen LogP contribution >= 0.6 is 11.6 Å². The molecule has 1 saturated heterocycles. The Morgan fingerprint density at radius 2 is 2.32 bits per heavy atom. The molecule has 0 saturated carbocycles. The summed E-state index contributed by atoms with van der Waals surface area (Å²) in [7, 11) is 0. The lowest BCUT2D eigenvalue weighted by molar-refractivity contribution is -0.125. The summed E-state index contributed by atoms with van der Waals surface area (Å²) in [5.41, 5.74) is 0.248. The van der Waals surface area contributed by atoms with Crippen molar-refractivity contribution in [1.82, 2.24) is 4.90 Å². The monoisotopic (exact) mass is 279 g/mol.